The predicted molar refractivity (Wildman–Crippen MR) is 60.8 cm³/mol. The van der Waals surface area contributed by atoms with Gasteiger partial charge in [-0.3, -0.25) is 0 Å². The minimum Gasteiger partial charge on any atom is -0.355 e. The van der Waals surface area contributed by atoms with Crippen LogP contribution in [-0.2, 0) is 6.18 Å². The fourth-order valence-electron chi connectivity index (χ4n) is 1.13. The quantitative estimate of drug-likeness (QED) is 0.843. The van der Waals surface area contributed by atoms with E-state index in [9.17, 15) is 13.2 Å². The molecule has 2 nitrogen and oxygen atoms in total. The van der Waals surface area contributed by atoms with E-state index in [0.717, 1.165) is 12.3 Å². The van der Waals surface area contributed by atoms with Crippen molar-refractivity contribution >= 4 is 17.4 Å². The SMILES string of the molecule is C#CC(CC)Nc1ncc(C(F)(F)F)cc1Cl. The van der Waals surface area contributed by atoms with E-state index in [-0.39, 0.29) is 16.9 Å². The van der Waals surface area contributed by atoms with Crippen molar-refractivity contribution < 1.29 is 13.2 Å². The van der Waals surface area contributed by atoms with Crippen molar-refractivity contribution in [3.05, 3.63) is 22.8 Å². The zero-order chi connectivity index (χ0) is 13.1. The molecule has 1 atom stereocenters. The summed E-state index contributed by atoms with van der Waals surface area (Å²) in [7, 11) is 0. The molecule has 0 saturated carbocycles. The van der Waals surface area contributed by atoms with E-state index in [2.05, 4.69) is 16.2 Å². The average Bonchev–Trinajstić information content (AvgIpc) is 2.26. The highest BCUT2D eigenvalue weighted by molar-refractivity contribution is 6.33. The maximum Gasteiger partial charge on any atom is 0.417 e. The second-order valence-corrected chi connectivity index (χ2v) is 3.73. The van der Waals surface area contributed by atoms with Crippen LogP contribution in [0.25, 0.3) is 0 Å². The molecule has 0 aliphatic heterocycles. The van der Waals surface area contributed by atoms with E-state index in [1.54, 1.807) is 0 Å². The van der Waals surface area contributed by atoms with E-state index < -0.39 is 11.7 Å². The number of terminal acetylenes is 1. The molecular formula is C11H10ClF3N2. The topological polar surface area (TPSA) is 24.9 Å². The summed E-state index contributed by atoms with van der Waals surface area (Å²) in [6.45, 7) is 1.84. The third-order valence-corrected chi connectivity index (χ3v) is 2.38. The number of nitrogens with one attached hydrogen (secondary N) is 1. The Balaban J connectivity index is 2.95. The first-order chi connectivity index (χ1) is 7.88. The van der Waals surface area contributed by atoms with Gasteiger partial charge in [0.2, 0.25) is 0 Å². The van der Waals surface area contributed by atoms with Gasteiger partial charge >= 0.3 is 6.18 Å². The van der Waals surface area contributed by atoms with Crippen molar-refractivity contribution in [3.8, 4) is 12.3 Å². The fraction of sp³-hybridized carbons (Fsp3) is 0.364. The molecule has 1 rings (SSSR count). The number of aromatic nitrogens is 1. The molecule has 0 aromatic carbocycles. The van der Waals surface area contributed by atoms with Gasteiger partial charge in [-0.1, -0.05) is 24.4 Å². The van der Waals surface area contributed by atoms with Crippen molar-refractivity contribution in [1.29, 1.82) is 0 Å². The molecule has 1 aromatic heterocycles. The summed E-state index contributed by atoms with van der Waals surface area (Å²) < 4.78 is 37.0. The lowest BCUT2D eigenvalue weighted by Crippen LogP contribution is -2.17. The molecule has 92 valence electrons. The lowest BCUT2D eigenvalue weighted by molar-refractivity contribution is -0.137. The van der Waals surface area contributed by atoms with Crippen LogP contribution in [0.1, 0.15) is 18.9 Å². The zero-order valence-electron chi connectivity index (χ0n) is 8.98. The largest absolute Gasteiger partial charge is 0.417 e. The Morgan fingerprint density at radius 1 is 1.59 bits per heavy atom. The van der Waals surface area contributed by atoms with Gasteiger partial charge in [-0.05, 0) is 12.5 Å². The van der Waals surface area contributed by atoms with E-state index in [0.29, 0.717) is 6.42 Å². The first-order valence-corrected chi connectivity index (χ1v) is 5.21. The molecule has 0 amide bonds. The average molecular weight is 263 g/mol. The normalized spacial score (nSPS) is 12.9. The molecule has 0 fully saturated rings. The Bertz CT molecular complexity index is 437. The second-order valence-electron chi connectivity index (χ2n) is 3.32. The van der Waals surface area contributed by atoms with E-state index in [1.807, 2.05) is 6.92 Å². The Morgan fingerprint density at radius 3 is 2.65 bits per heavy atom. The minimum absolute atomic E-state index is 0.103. The molecule has 6 heteroatoms. The first kappa shape index (κ1) is 13.7. The third kappa shape index (κ3) is 3.53. The Labute approximate surface area is 102 Å². The highest BCUT2D eigenvalue weighted by atomic mass is 35.5. The van der Waals surface area contributed by atoms with Gasteiger partial charge in [0.05, 0.1) is 16.6 Å². The number of hydrogen-bond donors (Lipinski definition) is 1. The zero-order valence-corrected chi connectivity index (χ0v) is 9.73. The second kappa shape index (κ2) is 5.28. The van der Waals surface area contributed by atoms with Crippen LogP contribution in [0.2, 0.25) is 5.02 Å². The van der Waals surface area contributed by atoms with Crippen LogP contribution in [-0.4, -0.2) is 11.0 Å². The van der Waals surface area contributed by atoms with Crippen molar-refractivity contribution in [2.75, 3.05) is 5.32 Å². The van der Waals surface area contributed by atoms with Crippen LogP contribution in [0.3, 0.4) is 0 Å². The van der Waals surface area contributed by atoms with Crippen molar-refractivity contribution in [2.24, 2.45) is 0 Å². The molecule has 0 saturated heterocycles. The lowest BCUT2D eigenvalue weighted by atomic mass is 10.2. The minimum atomic E-state index is -4.45. The number of alkyl halides is 3. The summed E-state index contributed by atoms with van der Waals surface area (Å²) in [5.41, 5.74) is -0.887. The van der Waals surface area contributed by atoms with Crippen LogP contribution in [0.5, 0.6) is 0 Å². The number of nitrogens with zero attached hydrogens (tertiary/aromatic N) is 1. The Kier molecular flexibility index (Phi) is 4.24. The summed E-state index contributed by atoms with van der Waals surface area (Å²) >= 11 is 5.70. The highest BCUT2D eigenvalue weighted by Gasteiger charge is 2.31. The van der Waals surface area contributed by atoms with Gasteiger partial charge in [0.25, 0.3) is 0 Å². The van der Waals surface area contributed by atoms with Crippen LogP contribution in [0.4, 0.5) is 19.0 Å². The molecule has 0 spiro atoms. The van der Waals surface area contributed by atoms with Gasteiger partial charge in [-0.25, -0.2) is 4.98 Å². The van der Waals surface area contributed by atoms with Crippen molar-refractivity contribution in [1.82, 2.24) is 4.98 Å². The van der Waals surface area contributed by atoms with Crippen molar-refractivity contribution in [3.63, 3.8) is 0 Å². The van der Waals surface area contributed by atoms with Crippen LogP contribution in [0.15, 0.2) is 12.3 Å². The standard InChI is InChI=1S/C11H10ClF3N2/c1-3-8(4-2)17-10-9(12)5-7(6-16-10)11(13,14)15/h1,5-6,8H,4H2,2H3,(H,16,17). The number of halogens is 4. The number of hydrogen-bond acceptors (Lipinski definition) is 2. The molecule has 0 bridgehead atoms. The molecule has 0 radical (unpaired) electrons. The number of rotatable bonds is 3. The maximum atomic E-state index is 12.3. The smallest absolute Gasteiger partial charge is 0.355 e. The monoisotopic (exact) mass is 262 g/mol. The maximum absolute atomic E-state index is 12.3. The highest BCUT2D eigenvalue weighted by Crippen LogP contribution is 2.32. The van der Waals surface area contributed by atoms with Crippen molar-refractivity contribution in [2.45, 2.75) is 25.6 Å². The van der Waals surface area contributed by atoms with E-state index in [4.69, 9.17) is 18.0 Å². The lowest BCUT2D eigenvalue weighted by Gasteiger charge is -2.14. The summed E-state index contributed by atoms with van der Waals surface area (Å²) in [6.07, 6.45) is 2.10. The Morgan fingerprint density at radius 2 is 2.24 bits per heavy atom. The van der Waals surface area contributed by atoms with Crippen LogP contribution < -0.4 is 5.32 Å². The molecule has 0 aliphatic carbocycles. The molecule has 0 aliphatic rings. The van der Waals surface area contributed by atoms with E-state index >= 15 is 0 Å². The molecule has 1 aromatic rings. The van der Waals surface area contributed by atoms with Gasteiger partial charge in [0, 0.05) is 6.20 Å². The van der Waals surface area contributed by atoms with Gasteiger partial charge in [0.15, 0.2) is 0 Å². The first-order valence-electron chi connectivity index (χ1n) is 4.84. The van der Waals surface area contributed by atoms with Gasteiger partial charge in [0.1, 0.15) is 5.82 Å². The molecular weight excluding hydrogens is 253 g/mol. The number of anilines is 1. The summed E-state index contributed by atoms with van der Waals surface area (Å²) in [4.78, 5) is 3.62. The number of pyridine rings is 1. The molecule has 1 unspecified atom stereocenters. The summed E-state index contributed by atoms with van der Waals surface area (Å²) in [6, 6.07) is 0.511. The summed E-state index contributed by atoms with van der Waals surface area (Å²) in [5, 5.41) is 2.68. The van der Waals surface area contributed by atoms with Crippen LogP contribution >= 0.6 is 11.6 Å². The fourth-order valence-corrected chi connectivity index (χ4v) is 1.35. The van der Waals surface area contributed by atoms with Gasteiger partial charge in [-0.2, -0.15) is 13.2 Å². The molecule has 1 heterocycles. The Hall–Kier alpha value is -1.41. The molecule has 17 heavy (non-hydrogen) atoms. The van der Waals surface area contributed by atoms with Gasteiger partial charge in [-0.15, -0.1) is 6.42 Å². The summed E-state index contributed by atoms with van der Waals surface area (Å²) in [5.74, 6) is 2.60. The third-order valence-electron chi connectivity index (χ3n) is 2.09. The molecule has 1 N–H and O–H groups in total. The van der Waals surface area contributed by atoms with E-state index in [1.165, 1.54) is 0 Å². The van der Waals surface area contributed by atoms with Crippen LogP contribution in [0, 0.1) is 12.3 Å². The van der Waals surface area contributed by atoms with Gasteiger partial charge < -0.3 is 5.32 Å². The predicted octanol–water partition coefficient (Wildman–Crippen LogP) is 3.58.